The molecule has 1 N–H and O–H groups in total. The lowest BCUT2D eigenvalue weighted by Crippen LogP contribution is -2.41. The second kappa shape index (κ2) is 7.63. The maximum atomic E-state index is 5.58. The summed E-state index contributed by atoms with van der Waals surface area (Å²) in [5.41, 5.74) is 1.34. The Kier molecular flexibility index (Phi) is 6.08. The van der Waals surface area contributed by atoms with Gasteiger partial charge in [-0.2, -0.15) is 0 Å². The third-order valence-electron chi connectivity index (χ3n) is 4.53. The second-order valence-electron chi connectivity index (χ2n) is 6.01. The predicted molar refractivity (Wildman–Crippen MR) is 95.6 cm³/mol. The molecule has 2 saturated heterocycles. The number of ether oxygens (including phenoxy) is 1. The number of likely N-dealkylation sites (tertiary alicyclic amines) is 1. The van der Waals surface area contributed by atoms with Gasteiger partial charge in [-0.15, -0.1) is 24.0 Å². The summed E-state index contributed by atoms with van der Waals surface area (Å²) in [5, 5.41) is 7.38. The molecule has 7 heteroatoms. The van der Waals surface area contributed by atoms with Crippen molar-refractivity contribution in [3.8, 4) is 0 Å². The van der Waals surface area contributed by atoms with Crippen molar-refractivity contribution in [2.75, 3.05) is 33.4 Å². The van der Waals surface area contributed by atoms with Crippen LogP contribution in [0, 0.1) is 5.41 Å². The maximum Gasteiger partial charge on any atom is 0.194 e. The van der Waals surface area contributed by atoms with Crippen molar-refractivity contribution < 1.29 is 9.26 Å². The van der Waals surface area contributed by atoms with Crippen LogP contribution in [0.25, 0.3) is 0 Å². The van der Waals surface area contributed by atoms with Crippen molar-refractivity contribution >= 4 is 29.9 Å². The summed E-state index contributed by atoms with van der Waals surface area (Å²) in [6.07, 6.45) is 3.26. The van der Waals surface area contributed by atoms with Gasteiger partial charge in [-0.3, -0.25) is 4.99 Å². The molecule has 3 heterocycles. The summed E-state index contributed by atoms with van der Waals surface area (Å²) in [6.45, 7) is 6.56. The number of rotatable bonds is 3. The Balaban J connectivity index is 0.00000176. The Morgan fingerprint density at radius 3 is 3.00 bits per heavy atom. The smallest absolute Gasteiger partial charge is 0.194 e. The van der Waals surface area contributed by atoms with Crippen LogP contribution in [0.2, 0.25) is 0 Å². The Morgan fingerprint density at radius 1 is 1.50 bits per heavy atom. The van der Waals surface area contributed by atoms with Crippen LogP contribution in [-0.4, -0.2) is 49.4 Å². The molecule has 2 aliphatic heterocycles. The van der Waals surface area contributed by atoms with Crippen LogP contribution in [0.15, 0.2) is 15.6 Å². The molecule has 22 heavy (non-hydrogen) atoms. The Hall–Kier alpha value is -0.830. The zero-order chi connectivity index (χ0) is 14.7. The molecule has 0 aliphatic carbocycles. The minimum atomic E-state index is 0. The van der Waals surface area contributed by atoms with Crippen LogP contribution >= 0.6 is 24.0 Å². The van der Waals surface area contributed by atoms with Gasteiger partial charge in [0.05, 0.1) is 18.8 Å². The number of guanidine groups is 1. The predicted octanol–water partition coefficient (Wildman–Crippen LogP) is 2.04. The number of nitrogens with one attached hydrogen (secondary N) is 1. The lowest BCUT2D eigenvalue weighted by atomic mass is 9.87. The average molecular weight is 420 g/mol. The summed E-state index contributed by atoms with van der Waals surface area (Å²) < 4.78 is 10.9. The van der Waals surface area contributed by atoms with E-state index in [1.165, 1.54) is 12.8 Å². The lowest BCUT2D eigenvalue weighted by Gasteiger charge is -2.24. The minimum absolute atomic E-state index is 0. The van der Waals surface area contributed by atoms with E-state index in [1.54, 1.807) is 0 Å². The quantitative estimate of drug-likeness (QED) is 0.461. The van der Waals surface area contributed by atoms with Gasteiger partial charge in [-0.05, 0) is 19.3 Å². The number of nitrogens with zero attached hydrogens (tertiary/aromatic N) is 3. The fourth-order valence-corrected chi connectivity index (χ4v) is 3.19. The van der Waals surface area contributed by atoms with Gasteiger partial charge < -0.3 is 19.5 Å². The summed E-state index contributed by atoms with van der Waals surface area (Å²) in [5.74, 6) is 1.79. The molecular weight excluding hydrogens is 395 g/mol. The van der Waals surface area contributed by atoms with Gasteiger partial charge in [0.2, 0.25) is 0 Å². The van der Waals surface area contributed by atoms with Gasteiger partial charge >= 0.3 is 0 Å². The number of aryl methyl sites for hydroxylation is 1. The largest absolute Gasteiger partial charge is 0.381 e. The van der Waals surface area contributed by atoms with Crippen molar-refractivity contribution in [3.05, 3.63) is 17.5 Å². The minimum Gasteiger partial charge on any atom is -0.381 e. The summed E-state index contributed by atoms with van der Waals surface area (Å²) >= 11 is 0. The van der Waals surface area contributed by atoms with Crippen molar-refractivity contribution in [2.45, 2.75) is 32.7 Å². The standard InChI is InChI=1S/C15H24N4O2.HI/c1-3-12-8-13(21-18-12)9-17-14(16-2)19-6-4-15(10-19)5-7-20-11-15;/h8H,3-7,9-11H2,1-2H3,(H,16,17);1H. The first-order valence-electron chi connectivity index (χ1n) is 7.72. The van der Waals surface area contributed by atoms with E-state index < -0.39 is 0 Å². The number of aromatic nitrogens is 1. The molecule has 1 spiro atoms. The second-order valence-corrected chi connectivity index (χ2v) is 6.01. The molecule has 124 valence electrons. The van der Waals surface area contributed by atoms with Crippen LogP contribution in [-0.2, 0) is 17.7 Å². The molecule has 1 atom stereocenters. The van der Waals surface area contributed by atoms with E-state index in [4.69, 9.17) is 9.26 Å². The summed E-state index contributed by atoms with van der Waals surface area (Å²) in [4.78, 5) is 6.72. The molecule has 0 amide bonds. The van der Waals surface area contributed by atoms with Crippen LogP contribution in [0.4, 0.5) is 0 Å². The maximum absolute atomic E-state index is 5.58. The van der Waals surface area contributed by atoms with E-state index in [0.717, 1.165) is 50.1 Å². The molecule has 3 rings (SSSR count). The Morgan fingerprint density at radius 2 is 2.36 bits per heavy atom. The summed E-state index contributed by atoms with van der Waals surface area (Å²) in [6, 6.07) is 2.00. The lowest BCUT2D eigenvalue weighted by molar-refractivity contribution is 0.156. The Labute approximate surface area is 148 Å². The highest BCUT2D eigenvalue weighted by Crippen LogP contribution is 2.38. The van der Waals surface area contributed by atoms with Crippen LogP contribution < -0.4 is 5.32 Å². The van der Waals surface area contributed by atoms with Gasteiger partial charge in [0.15, 0.2) is 11.7 Å². The highest BCUT2D eigenvalue weighted by atomic mass is 127. The van der Waals surface area contributed by atoms with E-state index in [-0.39, 0.29) is 24.0 Å². The van der Waals surface area contributed by atoms with E-state index >= 15 is 0 Å². The molecule has 1 aromatic heterocycles. The fourth-order valence-electron chi connectivity index (χ4n) is 3.19. The number of hydrogen-bond donors (Lipinski definition) is 1. The van der Waals surface area contributed by atoms with Crippen molar-refractivity contribution in [1.29, 1.82) is 0 Å². The molecular formula is C15H25IN4O2. The number of hydrogen-bond acceptors (Lipinski definition) is 4. The molecule has 0 radical (unpaired) electrons. The molecule has 2 aliphatic rings. The van der Waals surface area contributed by atoms with E-state index in [1.807, 2.05) is 13.1 Å². The number of halogens is 1. The molecule has 0 saturated carbocycles. The van der Waals surface area contributed by atoms with Gasteiger partial charge in [-0.25, -0.2) is 0 Å². The van der Waals surface area contributed by atoms with Gasteiger partial charge in [0, 0.05) is 38.2 Å². The summed E-state index contributed by atoms with van der Waals surface area (Å²) in [7, 11) is 1.83. The SMILES string of the molecule is CCc1cc(CNC(=NC)N2CCC3(CCOC3)C2)on1.I. The van der Waals surface area contributed by atoms with Crippen molar-refractivity contribution in [1.82, 2.24) is 15.4 Å². The van der Waals surface area contributed by atoms with Crippen LogP contribution in [0.5, 0.6) is 0 Å². The topological polar surface area (TPSA) is 62.9 Å². The number of aliphatic imine (C=N–C) groups is 1. The molecule has 1 aromatic rings. The first-order chi connectivity index (χ1) is 10.2. The van der Waals surface area contributed by atoms with E-state index in [0.29, 0.717) is 12.0 Å². The third-order valence-corrected chi connectivity index (χ3v) is 4.53. The van der Waals surface area contributed by atoms with Gasteiger partial charge in [0.1, 0.15) is 0 Å². The molecule has 0 aromatic carbocycles. The highest BCUT2D eigenvalue weighted by molar-refractivity contribution is 14.0. The van der Waals surface area contributed by atoms with Crippen molar-refractivity contribution in [2.24, 2.45) is 10.4 Å². The fraction of sp³-hybridized carbons (Fsp3) is 0.733. The molecule has 1 unspecified atom stereocenters. The van der Waals surface area contributed by atoms with Gasteiger partial charge in [-0.1, -0.05) is 12.1 Å². The van der Waals surface area contributed by atoms with E-state index in [2.05, 4.69) is 27.3 Å². The zero-order valence-corrected chi connectivity index (χ0v) is 15.6. The third kappa shape index (κ3) is 3.73. The molecule has 6 nitrogen and oxygen atoms in total. The van der Waals surface area contributed by atoms with Gasteiger partial charge in [0.25, 0.3) is 0 Å². The average Bonchev–Trinajstić information content (AvgIpc) is 3.23. The van der Waals surface area contributed by atoms with Crippen LogP contribution in [0.3, 0.4) is 0 Å². The first kappa shape index (κ1) is 17.5. The van der Waals surface area contributed by atoms with Crippen LogP contribution in [0.1, 0.15) is 31.2 Å². The first-order valence-corrected chi connectivity index (χ1v) is 7.72. The molecule has 0 bridgehead atoms. The highest BCUT2D eigenvalue weighted by Gasteiger charge is 2.42. The zero-order valence-electron chi connectivity index (χ0n) is 13.3. The molecule has 2 fully saturated rings. The monoisotopic (exact) mass is 420 g/mol. The normalized spacial score (nSPS) is 24.8. The van der Waals surface area contributed by atoms with Crippen molar-refractivity contribution in [3.63, 3.8) is 0 Å². The Bertz CT molecular complexity index is 511. The van der Waals surface area contributed by atoms with E-state index in [9.17, 15) is 0 Å².